The fraction of sp³-hybridized carbons (Fsp3) is 0.333. The van der Waals surface area contributed by atoms with Crippen molar-refractivity contribution in [3.8, 4) is 0 Å². The van der Waals surface area contributed by atoms with Crippen molar-refractivity contribution in [3.05, 3.63) is 35.9 Å². The van der Waals surface area contributed by atoms with E-state index in [2.05, 4.69) is 4.74 Å². The summed E-state index contributed by atoms with van der Waals surface area (Å²) < 4.78 is 9.77. The number of esters is 2. The number of nitrogens with two attached hydrogens (primary N) is 1. The third-order valence-corrected chi connectivity index (χ3v) is 2.64. The molecule has 0 aromatic heterocycles. The van der Waals surface area contributed by atoms with Gasteiger partial charge >= 0.3 is 11.9 Å². The van der Waals surface area contributed by atoms with Crippen molar-refractivity contribution in [2.75, 3.05) is 6.61 Å². The minimum atomic E-state index is -0.904. The fourth-order valence-corrected chi connectivity index (χ4v) is 1.59. The van der Waals surface area contributed by atoms with Crippen LogP contribution in [0.4, 0.5) is 0 Å². The molecule has 2 N–H and O–H groups in total. The normalized spacial score (nSPS) is 23.2. The van der Waals surface area contributed by atoms with Crippen LogP contribution in [0.5, 0.6) is 0 Å². The van der Waals surface area contributed by atoms with Gasteiger partial charge in [0.1, 0.15) is 25.2 Å². The van der Waals surface area contributed by atoms with Crippen molar-refractivity contribution in [1.82, 2.24) is 0 Å². The Morgan fingerprint density at radius 1 is 1.41 bits per heavy atom. The van der Waals surface area contributed by atoms with E-state index in [1.807, 2.05) is 30.3 Å². The molecule has 1 aromatic rings. The van der Waals surface area contributed by atoms with Gasteiger partial charge in [-0.05, 0) is 5.56 Å². The molecule has 1 aliphatic rings. The second kappa shape index (κ2) is 4.97. The number of ether oxygens (including phenoxy) is 2. The summed E-state index contributed by atoms with van der Waals surface area (Å²) in [5.74, 6) is -1.73. The van der Waals surface area contributed by atoms with Crippen LogP contribution in [0.3, 0.4) is 0 Å². The Balaban J connectivity index is 1.88. The van der Waals surface area contributed by atoms with Gasteiger partial charge in [-0.15, -0.1) is 0 Å². The number of carbonyl (C=O) groups excluding carboxylic acids is 2. The lowest BCUT2D eigenvalue weighted by Gasteiger charge is -2.10. The summed E-state index contributed by atoms with van der Waals surface area (Å²) in [6, 6.07) is 8.39. The molecule has 0 bridgehead atoms. The summed E-state index contributed by atoms with van der Waals surface area (Å²) in [5.41, 5.74) is 6.41. The molecule has 1 aromatic carbocycles. The third-order valence-electron chi connectivity index (χ3n) is 2.64. The summed E-state index contributed by atoms with van der Waals surface area (Å²) >= 11 is 0. The molecule has 1 saturated heterocycles. The highest BCUT2D eigenvalue weighted by atomic mass is 16.6. The van der Waals surface area contributed by atoms with Crippen LogP contribution in [0, 0.1) is 5.92 Å². The van der Waals surface area contributed by atoms with Crippen LogP contribution in [-0.4, -0.2) is 24.6 Å². The van der Waals surface area contributed by atoms with E-state index in [4.69, 9.17) is 10.5 Å². The first kappa shape index (κ1) is 11.6. The molecular formula is C12H13NO4. The zero-order valence-electron chi connectivity index (χ0n) is 9.17. The predicted molar refractivity (Wildman–Crippen MR) is 58.7 cm³/mol. The maximum absolute atomic E-state index is 11.6. The van der Waals surface area contributed by atoms with Gasteiger partial charge in [-0.25, -0.2) is 0 Å². The quantitative estimate of drug-likeness (QED) is 0.759. The molecule has 5 nitrogen and oxygen atoms in total. The first-order valence-corrected chi connectivity index (χ1v) is 5.31. The molecular weight excluding hydrogens is 222 g/mol. The number of rotatable bonds is 3. The standard InChI is InChI=1S/C12H13NO4/c13-10-9(7-17-12(10)15)11(14)16-6-8-4-2-1-3-5-8/h1-5,9-10H,6-7,13H2/t9?,10-/m0/s1. The van der Waals surface area contributed by atoms with E-state index < -0.39 is 23.9 Å². The summed E-state index contributed by atoms with van der Waals surface area (Å²) in [6.45, 7) is 0.185. The highest BCUT2D eigenvalue weighted by molar-refractivity contribution is 5.87. The molecule has 1 heterocycles. The second-order valence-electron chi connectivity index (χ2n) is 3.86. The average Bonchev–Trinajstić information content (AvgIpc) is 2.69. The molecule has 1 aliphatic heterocycles. The third kappa shape index (κ3) is 2.62. The molecule has 0 aliphatic carbocycles. The Bertz CT molecular complexity index is 418. The highest BCUT2D eigenvalue weighted by Crippen LogP contribution is 2.15. The zero-order chi connectivity index (χ0) is 12.3. The summed E-state index contributed by atoms with van der Waals surface area (Å²) in [5, 5.41) is 0. The van der Waals surface area contributed by atoms with Gasteiger partial charge in [0.15, 0.2) is 0 Å². The Hall–Kier alpha value is -1.88. The molecule has 0 radical (unpaired) electrons. The molecule has 5 heteroatoms. The van der Waals surface area contributed by atoms with E-state index in [-0.39, 0.29) is 13.2 Å². The van der Waals surface area contributed by atoms with Gasteiger partial charge in [0.2, 0.25) is 0 Å². The summed E-state index contributed by atoms with van der Waals surface area (Å²) in [6.07, 6.45) is 0. The largest absolute Gasteiger partial charge is 0.464 e. The lowest BCUT2D eigenvalue weighted by atomic mass is 10.1. The van der Waals surface area contributed by atoms with Crippen LogP contribution in [0.2, 0.25) is 0 Å². The van der Waals surface area contributed by atoms with Crippen LogP contribution in [0.25, 0.3) is 0 Å². The zero-order valence-corrected chi connectivity index (χ0v) is 9.17. The number of hydrogen-bond donors (Lipinski definition) is 1. The van der Waals surface area contributed by atoms with Gasteiger partial charge in [0.25, 0.3) is 0 Å². The van der Waals surface area contributed by atoms with Crippen molar-refractivity contribution in [2.24, 2.45) is 11.7 Å². The van der Waals surface area contributed by atoms with E-state index in [0.717, 1.165) is 5.56 Å². The molecule has 17 heavy (non-hydrogen) atoms. The van der Waals surface area contributed by atoms with Gasteiger partial charge in [-0.3, -0.25) is 9.59 Å². The van der Waals surface area contributed by atoms with E-state index in [1.165, 1.54) is 0 Å². The maximum Gasteiger partial charge on any atom is 0.323 e. The second-order valence-corrected chi connectivity index (χ2v) is 3.86. The Kier molecular flexibility index (Phi) is 3.39. The van der Waals surface area contributed by atoms with Gasteiger partial charge < -0.3 is 15.2 Å². The minimum absolute atomic E-state index is 0.00756. The summed E-state index contributed by atoms with van der Waals surface area (Å²) in [7, 11) is 0. The molecule has 1 fully saturated rings. The van der Waals surface area contributed by atoms with Crippen LogP contribution in [-0.2, 0) is 25.7 Å². The van der Waals surface area contributed by atoms with Crippen LogP contribution in [0.1, 0.15) is 5.56 Å². The molecule has 1 unspecified atom stereocenters. The SMILES string of the molecule is N[C@@H]1C(=O)OCC1C(=O)OCc1ccccc1. The van der Waals surface area contributed by atoms with Gasteiger partial charge in [-0.1, -0.05) is 30.3 Å². The van der Waals surface area contributed by atoms with Crippen LogP contribution < -0.4 is 5.73 Å². The van der Waals surface area contributed by atoms with Crippen molar-refractivity contribution < 1.29 is 19.1 Å². The van der Waals surface area contributed by atoms with Gasteiger partial charge in [-0.2, -0.15) is 0 Å². The van der Waals surface area contributed by atoms with Gasteiger partial charge in [0.05, 0.1) is 0 Å². The van der Waals surface area contributed by atoms with E-state index in [0.29, 0.717) is 0 Å². The molecule has 2 rings (SSSR count). The molecule has 0 spiro atoms. The van der Waals surface area contributed by atoms with Crippen LogP contribution in [0.15, 0.2) is 30.3 Å². The number of benzene rings is 1. The molecule has 2 atom stereocenters. The van der Waals surface area contributed by atoms with Crippen molar-refractivity contribution >= 4 is 11.9 Å². The molecule has 0 saturated carbocycles. The average molecular weight is 235 g/mol. The first-order chi connectivity index (χ1) is 8.18. The van der Waals surface area contributed by atoms with E-state index >= 15 is 0 Å². The highest BCUT2D eigenvalue weighted by Gasteiger charge is 2.39. The fourth-order valence-electron chi connectivity index (χ4n) is 1.59. The maximum atomic E-state index is 11.6. The van der Waals surface area contributed by atoms with Crippen LogP contribution >= 0.6 is 0 Å². The Labute approximate surface area is 98.5 Å². The minimum Gasteiger partial charge on any atom is -0.464 e. The lowest BCUT2D eigenvalue weighted by molar-refractivity contribution is -0.150. The van der Waals surface area contributed by atoms with Crippen molar-refractivity contribution in [2.45, 2.75) is 12.6 Å². The monoisotopic (exact) mass is 235 g/mol. The predicted octanol–water partition coefficient (Wildman–Crippen LogP) is 0.230. The number of hydrogen-bond acceptors (Lipinski definition) is 5. The topological polar surface area (TPSA) is 78.6 Å². The van der Waals surface area contributed by atoms with E-state index in [1.54, 1.807) is 0 Å². The molecule has 0 amide bonds. The Morgan fingerprint density at radius 2 is 2.12 bits per heavy atom. The lowest BCUT2D eigenvalue weighted by Crippen LogP contribution is -2.37. The first-order valence-electron chi connectivity index (χ1n) is 5.31. The van der Waals surface area contributed by atoms with E-state index in [9.17, 15) is 9.59 Å². The number of carbonyl (C=O) groups is 2. The van der Waals surface area contributed by atoms with Crippen molar-refractivity contribution in [1.29, 1.82) is 0 Å². The van der Waals surface area contributed by atoms with Gasteiger partial charge in [0, 0.05) is 0 Å². The smallest absolute Gasteiger partial charge is 0.323 e. The molecule has 90 valence electrons. The number of cyclic esters (lactones) is 1. The Morgan fingerprint density at radius 3 is 2.71 bits per heavy atom. The summed E-state index contributed by atoms with van der Waals surface area (Å²) in [4.78, 5) is 22.6. The van der Waals surface area contributed by atoms with Crippen molar-refractivity contribution in [3.63, 3.8) is 0 Å².